The number of halogens is 3. The molecule has 0 aliphatic carbocycles. The first kappa shape index (κ1) is 10.6. The molecule has 39 valence electrons. The third-order valence-corrected chi connectivity index (χ3v) is 0.200. The fourth-order valence-corrected chi connectivity index (χ4v) is 0. The van der Waals surface area contributed by atoms with Crippen LogP contribution in [0.3, 0.4) is 0 Å². The van der Waals surface area contributed by atoms with E-state index in [0.29, 0.717) is 0 Å². The molecule has 0 N–H and O–H groups in total. The van der Waals surface area contributed by atoms with Gasteiger partial charge in [-0.05, 0) is 0 Å². The molecular weight excluding hydrogens is 182 g/mol. The number of alkyl halides is 3. The van der Waals surface area contributed by atoms with Crippen molar-refractivity contribution in [2.75, 3.05) is 0 Å². The van der Waals surface area contributed by atoms with Gasteiger partial charge in [-0.2, -0.15) is 0 Å². The van der Waals surface area contributed by atoms with E-state index in [9.17, 15) is 13.2 Å². The van der Waals surface area contributed by atoms with E-state index in [1.165, 1.54) is 0 Å². The summed E-state index contributed by atoms with van der Waals surface area (Å²) < 4.78 is 31.8. The second-order valence-corrected chi connectivity index (χ2v) is 0.675. The monoisotopic (exact) mass is 184 g/mol. The van der Waals surface area contributed by atoms with Gasteiger partial charge < -0.3 is 6.08 Å². The van der Waals surface area contributed by atoms with Gasteiger partial charge in [0, 0.05) is 32.7 Å². The number of rotatable bonds is 0. The summed E-state index contributed by atoms with van der Waals surface area (Å²) in [6, 6.07) is 0. The van der Waals surface area contributed by atoms with Gasteiger partial charge in [-0.25, -0.2) is 13.2 Å². The van der Waals surface area contributed by atoms with E-state index in [1.807, 2.05) is 0 Å². The van der Waals surface area contributed by atoms with Gasteiger partial charge in [0.25, 0.3) is 6.18 Å². The Hall–Kier alpha value is 0.634. The Morgan fingerprint density at radius 1 is 1.29 bits per heavy atom. The zero-order valence-electron chi connectivity index (χ0n) is 3.42. The SMILES string of the molecule is C=[C-]C(F)(F)F.[Y]. The van der Waals surface area contributed by atoms with E-state index in [-0.39, 0.29) is 32.7 Å². The van der Waals surface area contributed by atoms with E-state index < -0.39 is 6.18 Å². The Morgan fingerprint density at radius 3 is 1.43 bits per heavy atom. The van der Waals surface area contributed by atoms with Gasteiger partial charge in [0.1, 0.15) is 0 Å². The topological polar surface area (TPSA) is 0 Å². The van der Waals surface area contributed by atoms with Crippen molar-refractivity contribution in [3.8, 4) is 0 Å². The van der Waals surface area contributed by atoms with Crippen molar-refractivity contribution in [3.63, 3.8) is 0 Å². The van der Waals surface area contributed by atoms with Crippen molar-refractivity contribution in [2.24, 2.45) is 0 Å². The normalized spacial score (nSPS) is 9.57. The smallest absolute Gasteiger partial charge is 0.265 e. The fraction of sp³-hybridized carbons (Fsp3) is 0.333. The Morgan fingerprint density at radius 2 is 1.43 bits per heavy atom. The Labute approximate surface area is 64.7 Å². The molecule has 7 heavy (non-hydrogen) atoms. The van der Waals surface area contributed by atoms with E-state index >= 15 is 0 Å². The van der Waals surface area contributed by atoms with Crippen LogP contribution in [0.25, 0.3) is 0 Å². The van der Waals surface area contributed by atoms with E-state index in [4.69, 9.17) is 0 Å². The number of hydrogen-bond acceptors (Lipinski definition) is 0. The molecule has 0 unspecified atom stereocenters. The number of hydrogen-bond donors (Lipinski definition) is 0. The summed E-state index contributed by atoms with van der Waals surface area (Å²) in [5.41, 5.74) is 0. The van der Waals surface area contributed by atoms with Gasteiger partial charge in [-0.15, -0.1) is 0 Å². The molecule has 0 aliphatic heterocycles. The van der Waals surface area contributed by atoms with Crippen LogP contribution in [-0.4, -0.2) is 6.18 Å². The summed E-state index contributed by atoms with van der Waals surface area (Å²) in [5, 5.41) is 0. The average Bonchev–Trinajstić information content (AvgIpc) is 1.35. The summed E-state index contributed by atoms with van der Waals surface area (Å²) in [7, 11) is 0. The third kappa shape index (κ3) is 10.8. The first-order chi connectivity index (χ1) is 2.56. The maximum absolute atomic E-state index is 10.6. The molecule has 0 heterocycles. The molecule has 0 aromatic rings. The van der Waals surface area contributed by atoms with Crippen molar-refractivity contribution < 1.29 is 45.9 Å². The zero-order valence-corrected chi connectivity index (χ0v) is 6.26. The van der Waals surface area contributed by atoms with Crippen LogP contribution < -0.4 is 0 Å². The molecule has 0 nitrogen and oxygen atoms in total. The van der Waals surface area contributed by atoms with Crippen LogP contribution in [0.4, 0.5) is 13.2 Å². The molecule has 1 radical (unpaired) electrons. The molecule has 0 atom stereocenters. The maximum atomic E-state index is 10.6. The molecule has 0 aromatic carbocycles. The minimum atomic E-state index is -4.32. The van der Waals surface area contributed by atoms with Gasteiger partial charge in [-0.3, -0.25) is 6.58 Å². The zero-order chi connectivity index (χ0) is 5.21. The Balaban J connectivity index is 0. The molecule has 0 saturated carbocycles. The second kappa shape index (κ2) is 3.61. The summed E-state index contributed by atoms with van der Waals surface area (Å²) in [4.78, 5) is 0. The Bertz CT molecular complexity index is 55.7. The van der Waals surface area contributed by atoms with Crippen LogP contribution in [-0.2, 0) is 32.7 Å². The first-order valence-electron chi connectivity index (χ1n) is 1.17. The summed E-state index contributed by atoms with van der Waals surface area (Å²) in [6.07, 6.45) is -3.47. The average molecular weight is 184 g/mol. The molecule has 0 fully saturated rings. The van der Waals surface area contributed by atoms with E-state index in [1.54, 1.807) is 0 Å². The Kier molecular flexibility index (Phi) is 5.46. The van der Waals surface area contributed by atoms with Crippen LogP contribution >= 0.6 is 0 Å². The largest absolute Gasteiger partial charge is 0.396 e. The molecule has 0 aliphatic rings. The van der Waals surface area contributed by atoms with Gasteiger partial charge in [-0.1, -0.05) is 0 Å². The van der Waals surface area contributed by atoms with Crippen molar-refractivity contribution in [3.05, 3.63) is 12.7 Å². The summed E-state index contributed by atoms with van der Waals surface area (Å²) in [6.45, 7) is 2.38. The molecular formula is C3H2F3Y-. The van der Waals surface area contributed by atoms with Crippen molar-refractivity contribution >= 4 is 0 Å². The molecule has 4 heteroatoms. The fourth-order valence-electron chi connectivity index (χ4n) is 0. The first-order valence-corrected chi connectivity index (χ1v) is 1.17. The molecule has 0 spiro atoms. The van der Waals surface area contributed by atoms with Crippen molar-refractivity contribution in [1.29, 1.82) is 0 Å². The predicted molar refractivity (Wildman–Crippen MR) is 14.9 cm³/mol. The summed E-state index contributed by atoms with van der Waals surface area (Å²) in [5.74, 6) is 0. The van der Waals surface area contributed by atoms with Gasteiger partial charge in [0.2, 0.25) is 0 Å². The van der Waals surface area contributed by atoms with E-state index in [0.717, 1.165) is 6.08 Å². The minimum absolute atomic E-state index is 0. The predicted octanol–water partition coefficient (Wildman–Crippen LogP) is 1.54. The molecule has 0 aromatic heterocycles. The van der Waals surface area contributed by atoms with Crippen LogP contribution in [0, 0.1) is 6.08 Å². The summed E-state index contributed by atoms with van der Waals surface area (Å²) >= 11 is 0. The van der Waals surface area contributed by atoms with Crippen LogP contribution in [0.1, 0.15) is 0 Å². The molecule has 0 rings (SSSR count). The quantitative estimate of drug-likeness (QED) is 0.500. The van der Waals surface area contributed by atoms with Crippen molar-refractivity contribution in [1.82, 2.24) is 0 Å². The minimum Gasteiger partial charge on any atom is -0.396 e. The van der Waals surface area contributed by atoms with Crippen LogP contribution in [0.5, 0.6) is 0 Å². The van der Waals surface area contributed by atoms with Gasteiger partial charge >= 0.3 is 0 Å². The van der Waals surface area contributed by atoms with Crippen molar-refractivity contribution in [2.45, 2.75) is 6.18 Å². The van der Waals surface area contributed by atoms with Gasteiger partial charge in [0.15, 0.2) is 0 Å². The van der Waals surface area contributed by atoms with Crippen LogP contribution in [0.2, 0.25) is 0 Å². The molecule has 0 amide bonds. The third-order valence-electron chi connectivity index (χ3n) is 0.200. The second-order valence-electron chi connectivity index (χ2n) is 0.675. The van der Waals surface area contributed by atoms with Gasteiger partial charge in [0.05, 0.1) is 0 Å². The maximum Gasteiger partial charge on any atom is 0.265 e. The molecule has 0 bridgehead atoms. The van der Waals surface area contributed by atoms with Crippen LogP contribution in [0.15, 0.2) is 6.58 Å². The standard InChI is InChI=1S/C3H2F3.Y/c1-2-3(4,5)6;/h1H2;/q-1;. The molecule has 0 saturated heterocycles. The number of allylic oxidation sites excluding steroid dienone is 1. The van der Waals surface area contributed by atoms with E-state index in [2.05, 4.69) is 6.58 Å².